The molecule has 13 heteroatoms. The van der Waals surface area contributed by atoms with Crippen molar-refractivity contribution in [2.24, 2.45) is 0 Å². The molecule has 0 fully saturated rings. The zero-order chi connectivity index (χ0) is 22.3. The molecule has 8 nitrogen and oxygen atoms in total. The van der Waals surface area contributed by atoms with E-state index >= 15 is 0 Å². The zero-order valence-corrected chi connectivity index (χ0v) is 24.7. The Kier molecular flexibility index (Phi) is 24.0. The van der Waals surface area contributed by atoms with Crippen molar-refractivity contribution < 1.29 is 73.1 Å². The average molecular weight is 724 g/mol. The van der Waals surface area contributed by atoms with Gasteiger partial charge in [0, 0.05) is 24.8 Å². The quantitative estimate of drug-likeness (QED) is 0.276. The molecule has 2 aromatic rings. The summed E-state index contributed by atoms with van der Waals surface area (Å²) in [5, 5.41) is 0. The van der Waals surface area contributed by atoms with Crippen LogP contribution in [0.5, 0.6) is 0 Å². The van der Waals surface area contributed by atoms with Gasteiger partial charge in [0.25, 0.3) is 0 Å². The van der Waals surface area contributed by atoms with E-state index in [1.165, 1.54) is 0 Å². The normalized spacial score (nSPS) is 10.5. The third-order valence-electron chi connectivity index (χ3n) is 3.50. The Morgan fingerprint density at radius 1 is 0.667 bits per heavy atom. The van der Waals surface area contributed by atoms with E-state index in [-0.39, 0.29) is 58.2 Å². The number of pyridine rings is 2. The molecule has 0 aliphatic carbocycles. The van der Waals surface area contributed by atoms with Crippen LogP contribution in [0.25, 0.3) is 0 Å². The van der Waals surface area contributed by atoms with Gasteiger partial charge in [0.2, 0.25) is 0 Å². The van der Waals surface area contributed by atoms with Gasteiger partial charge in [-0.25, -0.2) is 0 Å². The molecule has 0 amide bonds. The predicted molar refractivity (Wildman–Crippen MR) is 118 cm³/mol. The molecule has 2 aromatic heterocycles. The van der Waals surface area contributed by atoms with Crippen molar-refractivity contribution in [3.05, 3.63) is 60.2 Å². The number of hydrogen-bond donors (Lipinski definition) is 0. The maximum absolute atomic E-state index is 12.1. The van der Waals surface area contributed by atoms with Crippen molar-refractivity contribution in [3.63, 3.8) is 0 Å². The molecule has 0 bridgehead atoms. The second-order valence-corrected chi connectivity index (χ2v) is 10.0. The van der Waals surface area contributed by atoms with Crippen molar-refractivity contribution in [1.82, 2.24) is 9.97 Å². The maximum Gasteiger partial charge on any atom is 2.00 e. The SMILES string of the molecule is CCOP(=O)(Cc1cccnc1)OCC.CCOP(=O)(Cc1cccnc1)OCC.[Cl-].[Cl-].[Pt+2]. The van der Waals surface area contributed by atoms with E-state index in [1.54, 1.807) is 64.6 Å². The Bertz CT molecular complexity index is 722. The van der Waals surface area contributed by atoms with Crippen molar-refractivity contribution >= 4 is 15.2 Å². The zero-order valence-electron chi connectivity index (χ0n) is 19.2. The van der Waals surface area contributed by atoms with Crippen molar-refractivity contribution in [3.8, 4) is 0 Å². The van der Waals surface area contributed by atoms with Crippen LogP contribution in [0.3, 0.4) is 0 Å². The van der Waals surface area contributed by atoms with E-state index in [1.807, 2.05) is 12.1 Å². The van der Waals surface area contributed by atoms with E-state index in [0.29, 0.717) is 26.4 Å². The number of nitrogens with zero attached hydrogens (tertiary/aromatic N) is 2. The van der Waals surface area contributed by atoms with E-state index in [2.05, 4.69) is 9.97 Å². The van der Waals surface area contributed by atoms with Crippen LogP contribution in [0.15, 0.2) is 49.1 Å². The van der Waals surface area contributed by atoms with Gasteiger partial charge in [-0.15, -0.1) is 0 Å². The van der Waals surface area contributed by atoms with Crippen LogP contribution in [-0.2, 0) is 60.6 Å². The van der Waals surface area contributed by atoms with Gasteiger partial charge in [0.15, 0.2) is 0 Å². The third-order valence-corrected chi connectivity index (χ3v) is 7.61. The van der Waals surface area contributed by atoms with Crippen LogP contribution in [0.4, 0.5) is 0 Å². The minimum Gasteiger partial charge on any atom is -1.00 e. The minimum atomic E-state index is -2.98. The first-order valence-electron chi connectivity index (χ1n) is 9.94. The Hall–Kier alpha value is -0.132. The minimum absolute atomic E-state index is 0. The molecular weight excluding hydrogens is 692 g/mol. The molecule has 2 heterocycles. The van der Waals surface area contributed by atoms with Crippen LogP contribution < -0.4 is 24.8 Å². The summed E-state index contributed by atoms with van der Waals surface area (Å²) < 4.78 is 44.9. The summed E-state index contributed by atoms with van der Waals surface area (Å²) in [4.78, 5) is 7.91. The summed E-state index contributed by atoms with van der Waals surface area (Å²) in [6.07, 6.45) is 7.26. The summed E-state index contributed by atoms with van der Waals surface area (Å²) >= 11 is 0. The standard InChI is InChI=1S/2C10H16NO3P.2ClH.Pt/c2*1-3-13-15(12,14-4-2)9-10-6-5-7-11-8-10;;;/h2*5-8H,3-4,9H2,1-2H3;2*1H;/q;;;;+2/p-2. The van der Waals surface area contributed by atoms with Crippen molar-refractivity contribution in [2.45, 2.75) is 40.0 Å². The average Bonchev–Trinajstić information content (AvgIpc) is 2.70. The monoisotopic (exact) mass is 723 g/mol. The van der Waals surface area contributed by atoms with E-state index < -0.39 is 15.2 Å². The molecule has 0 unspecified atom stereocenters. The van der Waals surface area contributed by atoms with Gasteiger partial charge in [-0.3, -0.25) is 19.1 Å². The topological polar surface area (TPSA) is 96.8 Å². The summed E-state index contributed by atoms with van der Waals surface area (Å²) in [5.74, 6) is 0. The fourth-order valence-electron chi connectivity index (χ4n) is 2.47. The molecule has 0 saturated carbocycles. The number of hydrogen-bond acceptors (Lipinski definition) is 8. The second-order valence-electron chi connectivity index (χ2n) is 5.93. The molecule has 192 valence electrons. The molecule has 0 spiro atoms. The van der Waals surface area contributed by atoms with Gasteiger partial charge in [0.05, 0.1) is 38.8 Å². The molecule has 0 radical (unpaired) electrons. The summed E-state index contributed by atoms with van der Waals surface area (Å²) in [6, 6.07) is 7.32. The van der Waals surface area contributed by atoms with Gasteiger partial charge in [-0.1, -0.05) is 12.1 Å². The predicted octanol–water partition coefficient (Wildman–Crippen LogP) is -0.299. The summed E-state index contributed by atoms with van der Waals surface area (Å²) in [6.45, 7) is 8.75. The fourth-order valence-corrected chi connectivity index (χ4v) is 5.83. The van der Waals surface area contributed by atoms with Gasteiger partial charge in [-0.2, -0.15) is 0 Å². The van der Waals surface area contributed by atoms with Gasteiger partial charge in [-0.05, 0) is 51.0 Å². The Morgan fingerprint density at radius 3 is 1.18 bits per heavy atom. The summed E-state index contributed by atoms with van der Waals surface area (Å²) in [5.41, 5.74) is 1.73. The maximum atomic E-state index is 12.1. The number of aromatic nitrogens is 2. The first-order chi connectivity index (χ1) is 14.4. The molecule has 0 aromatic carbocycles. The smallest absolute Gasteiger partial charge is 1.00 e. The molecule has 0 aliphatic rings. The molecule has 33 heavy (non-hydrogen) atoms. The molecule has 0 aliphatic heterocycles. The molecular formula is C20H32Cl2N2O6P2Pt. The van der Waals surface area contributed by atoms with Crippen LogP contribution in [0.1, 0.15) is 38.8 Å². The largest absolute Gasteiger partial charge is 2.00 e. The number of rotatable bonds is 12. The van der Waals surface area contributed by atoms with Crippen LogP contribution in [-0.4, -0.2) is 36.4 Å². The molecule has 0 N–H and O–H groups in total. The van der Waals surface area contributed by atoms with E-state index in [4.69, 9.17) is 18.1 Å². The molecule has 0 saturated heterocycles. The van der Waals surface area contributed by atoms with Crippen molar-refractivity contribution in [2.75, 3.05) is 26.4 Å². The van der Waals surface area contributed by atoms with Gasteiger partial charge < -0.3 is 42.9 Å². The van der Waals surface area contributed by atoms with Crippen LogP contribution in [0.2, 0.25) is 0 Å². The second kappa shape index (κ2) is 21.2. The Labute approximate surface area is 224 Å². The summed E-state index contributed by atoms with van der Waals surface area (Å²) in [7, 11) is -5.96. The Balaban J connectivity index is -0.000000500. The first kappa shape index (κ1) is 37.4. The van der Waals surface area contributed by atoms with Gasteiger partial charge in [0.1, 0.15) is 0 Å². The van der Waals surface area contributed by atoms with Gasteiger partial charge >= 0.3 is 36.3 Å². The van der Waals surface area contributed by atoms with E-state index in [0.717, 1.165) is 11.1 Å². The van der Waals surface area contributed by atoms with Crippen LogP contribution >= 0.6 is 15.2 Å². The fraction of sp³-hybridized carbons (Fsp3) is 0.500. The van der Waals surface area contributed by atoms with Crippen LogP contribution in [0, 0.1) is 0 Å². The first-order valence-corrected chi connectivity index (χ1v) is 13.4. The number of halogens is 2. The Morgan fingerprint density at radius 2 is 0.970 bits per heavy atom. The third kappa shape index (κ3) is 16.2. The molecule has 0 atom stereocenters. The molecule has 2 rings (SSSR count). The van der Waals surface area contributed by atoms with E-state index in [9.17, 15) is 9.13 Å². The van der Waals surface area contributed by atoms with Crippen molar-refractivity contribution in [1.29, 1.82) is 0 Å².